The van der Waals surface area contributed by atoms with Crippen molar-refractivity contribution < 1.29 is 9.53 Å². The van der Waals surface area contributed by atoms with Crippen molar-refractivity contribution >= 4 is 5.97 Å². The molecule has 108 valence electrons. The van der Waals surface area contributed by atoms with Gasteiger partial charge in [0.25, 0.3) is 0 Å². The zero-order valence-corrected chi connectivity index (χ0v) is 11.9. The number of benzene rings is 1. The van der Waals surface area contributed by atoms with Gasteiger partial charge in [-0.1, -0.05) is 30.3 Å². The molecule has 1 aromatic carbocycles. The molecular formula is C16H22N2O2. The van der Waals surface area contributed by atoms with Crippen molar-refractivity contribution in [2.75, 3.05) is 19.6 Å². The molecule has 0 amide bonds. The minimum absolute atomic E-state index is 0.0107. The average molecular weight is 274 g/mol. The van der Waals surface area contributed by atoms with Crippen LogP contribution < -0.4 is 5.73 Å². The molecule has 0 aliphatic carbocycles. The summed E-state index contributed by atoms with van der Waals surface area (Å²) < 4.78 is 5.74. The van der Waals surface area contributed by atoms with Gasteiger partial charge in [0.1, 0.15) is 11.6 Å². The van der Waals surface area contributed by atoms with Crippen molar-refractivity contribution in [1.82, 2.24) is 4.90 Å². The minimum Gasteiger partial charge on any atom is -0.459 e. The number of ether oxygens (including phenoxy) is 1. The molecule has 3 aliphatic heterocycles. The lowest BCUT2D eigenvalue weighted by atomic mass is 9.85. The van der Waals surface area contributed by atoms with Crippen LogP contribution in [0.2, 0.25) is 0 Å². The first-order valence-corrected chi connectivity index (χ1v) is 7.35. The molecule has 2 atom stereocenters. The van der Waals surface area contributed by atoms with Crippen LogP contribution in [0.5, 0.6) is 0 Å². The maximum Gasteiger partial charge on any atom is 0.330 e. The number of hydrogen-bond donors (Lipinski definition) is 1. The van der Waals surface area contributed by atoms with Gasteiger partial charge in [-0.25, -0.2) is 4.79 Å². The van der Waals surface area contributed by atoms with E-state index in [0.29, 0.717) is 5.92 Å². The molecule has 3 aliphatic rings. The number of nitrogens with two attached hydrogens (primary N) is 1. The van der Waals surface area contributed by atoms with E-state index < -0.39 is 5.54 Å². The van der Waals surface area contributed by atoms with E-state index in [2.05, 4.69) is 4.90 Å². The fourth-order valence-electron chi connectivity index (χ4n) is 3.21. The van der Waals surface area contributed by atoms with Gasteiger partial charge in [-0.15, -0.1) is 0 Å². The summed E-state index contributed by atoms with van der Waals surface area (Å²) in [6, 6.07) is 9.44. The van der Waals surface area contributed by atoms with E-state index in [0.717, 1.165) is 38.0 Å². The Hall–Kier alpha value is -1.39. The molecule has 0 aromatic heterocycles. The number of esters is 1. The first-order chi connectivity index (χ1) is 9.57. The van der Waals surface area contributed by atoms with Gasteiger partial charge in [-0.05, 0) is 44.3 Å². The number of carbonyl (C=O) groups is 1. The van der Waals surface area contributed by atoms with Crippen LogP contribution in [0.25, 0.3) is 0 Å². The van der Waals surface area contributed by atoms with E-state index in [1.54, 1.807) is 6.92 Å². The van der Waals surface area contributed by atoms with Crippen molar-refractivity contribution in [1.29, 1.82) is 0 Å². The van der Waals surface area contributed by atoms with Crippen molar-refractivity contribution in [2.24, 2.45) is 11.7 Å². The Labute approximate surface area is 119 Å². The fourth-order valence-corrected chi connectivity index (χ4v) is 3.21. The molecule has 4 rings (SSSR count). The van der Waals surface area contributed by atoms with Crippen LogP contribution in [0.15, 0.2) is 30.3 Å². The molecule has 2 N–H and O–H groups in total. The second-order valence-corrected chi connectivity index (χ2v) is 6.15. The summed E-state index contributed by atoms with van der Waals surface area (Å²) in [5, 5.41) is 0. The van der Waals surface area contributed by atoms with Gasteiger partial charge in [0.15, 0.2) is 0 Å². The third-order valence-electron chi connectivity index (χ3n) is 4.65. The normalized spacial score (nSPS) is 31.6. The maximum absolute atomic E-state index is 12.4. The highest BCUT2D eigenvalue weighted by Gasteiger charge is 2.40. The van der Waals surface area contributed by atoms with Gasteiger partial charge in [0.05, 0.1) is 0 Å². The van der Waals surface area contributed by atoms with Crippen molar-refractivity contribution in [3.63, 3.8) is 0 Å². The monoisotopic (exact) mass is 274 g/mol. The molecule has 0 spiro atoms. The zero-order chi connectivity index (χ0) is 14.2. The van der Waals surface area contributed by atoms with Crippen molar-refractivity contribution in [2.45, 2.75) is 31.4 Å². The molecule has 1 aromatic rings. The minimum atomic E-state index is -1.08. The van der Waals surface area contributed by atoms with Gasteiger partial charge in [-0.2, -0.15) is 0 Å². The van der Waals surface area contributed by atoms with Crippen LogP contribution in [0.4, 0.5) is 0 Å². The first-order valence-electron chi connectivity index (χ1n) is 7.35. The molecule has 0 saturated carbocycles. The summed E-state index contributed by atoms with van der Waals surface area (Å²) in [5.74, 6) is 0.193. The Balaban J connectivity index is 1.70. The molecule has 3 saturated heterocycles. The number of nitrogens with zero attached hydrogens (tertiary/aromatic N) is 1. The fraction of sp³-hybridized carbons (Fsp3) is 0.562. The van der Waals surface area contributed by atoms with Gasteiger partial charge in [0, 0.05) is 6.54 Å². The van der Waals surface area contributed by atoms with Crippen LogP contribution >= 0.6 is 0 Å². The van der Waals surface area contributed by atoms with E-state index >= 15 is 0 Å². The largest absolute Gasteiger partial charge is 0.459 e. The van der Waals surface area contributed by atoms with Crippen LogP contribution in [0, 0.1) is 5.92 Å². The Bertz CT molecular complexity index is 479. The number of rotatable bonds is 3. The average Bonchev–Trinajstić information content (AvgIpc) is 2.49. The quantitative estimate of drug-likeness (QED) is 0.849. The molecule has 0 radical (unpaired) electrons. The SMILES string of the molecule is CC(N)(C(=O)OC1CN2CCC1CC2)c1ccccc1. The highest BCUT2D eigenvalue weighted by atomic mass is 16.5. The third-order valence-corrected chi connectivity index (χ3v) is 4.65. The van der Waals surface area contributed by atoms with E-state index in [1.807, 2.05) is 30.3 Å². The standard InChI is InChI=1S/C16H22N2O2/c1-16(17,13-5-3-2-4-6-13)15(19)20-14-11-18-9-7-12(14)8-10-18/h2-6,12,14H,7-11,17H2,1H3. The molecular weight excluding hydrogens is 252 g/mol. The highest BCUT2D eigenvalue weighted by molar-refractivity contribution is 5.82. The van der Waals surface area contributed by atoms with Crippen LogP contribution in [0.3, 0.4) is 0 Å². The number of hydrogen-bond acceptors (Lipinski definition) is 4. The van der Waals surface area contributed by atoms with Gasteiger partial charge >= 0.3 is 5.97 Å². The zero-order valence-electron chi connectivity index (χ0n) is 11.9. The molecule has 2 unspecified atom stereocenters. The number of piperidine rings is 3. The van der Waals surface area contributed by atoms with Crippen LogP contribution in [0.1, 0.15) is 25.3 Å². The van der Waals surface area contributed by atoms with E-state index in [-0.39, 0.29) is 12.1 Å². The third kappa shape index (κ3) is 2.45. The van der Waals surface area contributed by atoms with E-state index in [9.17, 15) is 4.79 Å². The lowest BCUT2D eigenvalue weighted by Gasteiger charge is -2.44. The molecule has 4 heteroatoms. The lowest BCUT2D eigenvalue weighted by Crippen LogP contribution is -2.54. The summed E-state index contributed by atoms with van der Waals surface area (Å²) >= 11 is 0. The second-order valence-electron chi connectivity index (χ2n) is 6.15. The predicted octanol–water partition coefficient (Wildman–Crippen LogP) is 1.50. The lowest BCUT2D eigenvalue weighted by molar-refractivity contribution is -0.165. The van der Waals surface area contributed by atoms with Crippen LogP contribution in [-0.2, 0) is 15.1 Å². The Kier molecular flexibility index (Phi) is 3.52. The predicted molar refractivity (Wildman–Crippen MR) is 77.0 cm³/mol. The second kappa shape index (κ2) is 5.19. The summed E-state index contributed by atoms with van der Waals surface area (Å²) in [5.41, 5.74) is 5.93. The molecule has 3 heterocycles. The van der Waals surface area contributed by atoms with E-state index in [4.69, 9.17) is 10.5 Å². The van der Waals surface area contributed by atoms with Gasteiger partial charge in [-0.3, -0.25) is 4.90 Å². The first kappa shape index (κ1) is 13.6. The van der Waals surface area contributed by atoms with Crippen LogP contribution in [-0.4, -0.2) is 36.6 Å². The Morgan fingerprint density at radius 1 is 1.30 bits per heavy atom. The number of fused-ring (bicyclic) bond motifs is 3. The topological polar surface area (TPSA) is 55.6 Å². The van der Waals surface area contributed by atoms with Gasteiger partial charge < -0.3 is 10.5 Å². The molecule has 3 fully saturated rings. The summed E-state index contributed by atoms with van der Waals surface area (Å²) in [4.78, 5) is 14.8. The maximum atomic E-state index is 12.4. The molecule has 4 nitrogen and oxygen atoms in total. The Morgan fingerprint density at radius 2 is 1.95 bits per heavy atom. The summed E-state index contributed by atoms with van der Waals surface area (Å²) in [6.45, 7) is 4.86. The number of carbonyl (C=O) groups excluding carboxylic acids is 1. The van der Waals surface area contributed by atoms with E-state index in [1.165, 1.54) is 0 Å². The van der Waals surface area contributed by atoms with Crippen molar-refractivity contribution in [3.05, 3.63) is 35.9 Å². The summed E-state index contributed by atoms with van der Waals surface area (Å²) in [7, 11) is 0. The highest BCUT2D eigenvalue weighted by Crippen LogP contribution is 2.31. The van der Waals surface area contributed by atoms with Gasteiger partial charge in [0.2, 0.25) is 0 Å². The molecule has 2 bridgehead atoms. The smallest absolute Gasteiger partial charge is 0.330 e. The molecule has 20 heavy (non-hydrogen) atoms. The van der Waals surface area contributed by atoms with Crippen molar-refractivity contribution in [3.8, 4) is 0 Å². The Morgan fingerprint density at radius 3 is 2.50 bits per heavy atom. The summed E-state index contributed by atoms with van der Waals surface area (Å²) in [6.07, 6.45) is 2.27.